The average molecular weight is 460 g/mol. The van der Waals surface area contributed by atoms with Crippen molar-refractivity contribution >= 4 is 28.5 Å². The zero-order valence-corrected chi connectivity index (χ0v) is 19.5. The number of nitrogens with zero attached hydrogens (tertiary/aromatic N) is 3. The van der Waals surface area contributed by atoms with E-state index >= 15 is 0 Å². The highest BCUT2D eigenvalue weighted by Gasteiger charge is 2.24. The van der Waals surface area contributed by atoms with Crippen LogP contribution in [0.25, 0.3) is 11.0 Å². The molecular formula is C26H29N5O3. The maximum Gasteiger partial charge on any atom is 0.280 e. The smallest absolute Gasteiger partial charge is 0.280 e. The number of aromatic nitrogens is 2. The summed E-state index contributed by atoms with van der Waals surface area (Å²) in [6.07, 6.45) is 4.30. The summed E-state index contributed by atoms with van der Waals surface area (Å²) in [5.41, 5.74) is 4.45. The van der Waals surface area contributed by atoms with E-state index in [1.807, 2.05) is 22.8 Å². The molecule has 0 saturated heterocycles. The van der Waals surface area contributed by atoms with Gasteiger partial charge in [-0.25, -0.2) is 0 Å². The third-order valence-corrected chi connectivity index (χ3v) is 6.20. The van der Waals surface area contributed by atoms with Crippen molar-refractivity contribution in [2.75, 3.05) is 5.32 Å². The van der Waals surface area contributed by atoms with Crippen LogP contribution in [-0.2, 0) is 11.2 Å². The highest BCUT2D eigenvalue weighted by Crippen LogP contribution is 2.30. The summed E-state index contributed by atoms with van der Waals surface area (Å²) in [7, 11) is 0. The lowest BCUT2D eigenvalue weighted by atomic mass is 9.93. The molecule has 8 heteroatoms. The van der Waals surface area contributed by atoms with E-state index in [-0.39, 0.29) is 18.1 Å². The maximum atomic E-state index is 13.2. The molecule has 0 spiro atoms. The third-order valence-electron chi connectivity index (χ3n) is 6.20. The molecule has 1 aliphatic rings. The minimum absolute atomic E-state index is 0.0800. The van der Waals surface area contributed by atoms with Crippen LogP contribution in [0, 0.1) is 11.3 Å². The molecule has 8 nitrogen and oxygen atoms in total. The summed E-state index contributed by atoms with van der Waals surface area (Å²) in [6, 6.07) is 12.9. The van der Waals surface area contributed by atoms with E-state index in [4.69, 9.17) is 0 Å². The Morgan fingerprint density at radius 3 is 2.65 bits per heavy atom. The first-order chi connectivity index (χ1) is 16.4. The van der Waals surface area contributed by atoms with Gasteiger partial charge in [0, 0.05) is 24.2 Å². The van der Waals surface area contributed by atoms with Crippen molar-refractivity contribution in [3.05, 3.63) is 58.7 Å². The number of H-pyrrole nitrogens is 1. The molecule has 0 radical (unpaired) electrons. The molecule has 1 aromatic heterocycles. The molecule has 2 aromatic carbocycles. The van der Waals surface area contributed by atoms with Crippen molar-refractivity contribution in [1.29, 1.82) is 5.26 Å². The molecule has 0 atom stereocenters. The predicted molar refractivity (Wildman–Crippen MR) is 129 cm³/mol. The van der Waals surface area contributed by atoms with Gasteiger partial charge in [-0.3, -0.25) is 9.59 Å². The first-order valence-electron chi connectivity index (χ1n) is 11.7. The number of carbonyl (C=O) groups excluding carboxylic acids is 2. The predicted octanol–water partition coefficient (Wildman–Crippen LogP) is 3.97. The SMILES string of the molecule is CCCc1cc(C#N)cc(C(=O)/N=c2\[nH]c3cc(NC(C)=O)ccc3n2[C@H]2CC[C@H](O)CC2)c1. The number of fused-ring (bicyclic) bond motifs is 1. The number of aliphatic hydroxyl groups is 1. The number of hydrogen-bond acceptors (Lipinski definition) is 4. The number of nitrogens with one attached hydrogen (secondary N) is 2. The molecule has 176 valence electrons. The maximum absolute atomic E-state index is 13.2. The van der Waals surface area contributed by atoms with E-state index in [9.17, 15) is 20.0 Å². The highest BCUT2D eigenvalue weighted by molar-refractivity contribution is 5.95. The molecule has 0 bridgehead atoms. The van der Waals surface area contributed by atoms with Gasteiger partial charge in [0.05, 0.1) is 28.8 Å². The van der Waals surface area contributed by atoms with Crippen molar-refractivity contribution in [3.63, 3.8) is 0 Å². The number of nitriles is 1. The minimum Gasteiger partial charge on any atom is -0.393 e. The summed E-state index contributed by atoms with van der Waals surface area (Å²) in [5.74, 6) is -0.590. The van der Waals surface area contributed by atoms with Crippen molar-refractivity contribution < 1.29 is 14.7 Å². The van der Waals surface area contributed by atoms with Gasteiger partial charge in [-0.2, -0.15) is 10.3 Å². The molecule has 0 aliphatic heterocycles. The number of rotatable bonds is 5. The fourth-order valence-electron chi connectivity index (χ4n) is 4.66. The van der Waals surface area contributed by atoms with E-state index < -0.39 is 5.91 Å². The van der Waals surface area contributed by atoms with Crippen LogP contribution in [0.3, 0.4) is 0 Å². The molecule has 1 saturated carbocycles. The summed E-state index contributed by atoms with van der Waals surface area (Å²) < 4.78 is 2.03. The third kappa shape index (κ3) is 5.10. The molecule has 2 amide bonds. The lowest BCUT2D eigenvalue weighted by Crippen LogP contribution is -2.29. The van der Waals surface area contributed by atoms with Crippen LogP contribution in [0.5, 0.6) is 0 Å². The number of anilines is 1. The van der Waals surface area contributed by atoms with E-state index in [0.717, 1.165) is 42.3 Å². The van der Waals surface area contributed by atoms with Crippen molar-refractivity contribution in [1.82, 2.24) is 9.55 Å². The first-order valence-corrected chi connectivity index (χ1v) is 11.7. The van der Waals surface area contributed by atoms with Crippen LogP contribution in [0.2, 0.25) is 0 Å². The lowest BCUT2D eigenvalue weighted by molar-refractivity contribution is -0.114. The second kappa shape index (κ2) is 10.1. The number of aromatic amines is 1. The summed E-state index contributed by atoms with van der Waals surface area (Å²) in [5, 5.41) is 22.2. The van der Waals surface area contributed by atoms with E-state index in [2.05, 4.69) is 28.3 Å². The fourth-order valence-corrected chi connectivity index (χ4v) is 4.66. The monoisotopic (exact) mass is 459 g/mol. The van der Waals surface area contributed by atoms with Gasteiger partial charge in [-0.05, 0) is 74.1 Å². The zero-order chi connectivity index (χ0) is 24.2. The summed E-state index contributed by atoms with van der Waals surface area (Å²) in [4.78, 5) is 32.4. The van der Waals surface area contributed by atoms with Crippen LogP contribution in [0.4, 0.5) is 5.69 Å². The van der Waals surface area contributed by atoms with Gasteiger partial charge in [0.25, 0.3) is 5.91 Å². The lowest BCUT2D eigenvalue weighted by Gasteiger charge is -2.27. The van der Waals surface area contributed by atoms with Gasteiger partial charge in [-0.1, -0.05) is 13.3 Å². The van der Waals surface area contributed by atoms with Gasteiger partial charge in [0.2, 0.25) is 11.5 Å². The molecule has 34 heavy (non-hydrogen) atoms. The Labute approximate surface area is 198 Å². The van der Waals surface area contributed by atoms with Crippen LogP contribution >= 0.6 is 0 Å². The molecule has 1 fully saturated rings. The van der Waals surface area contributed by atoms with E-state index in [0.29, 0.717) is 35.3 Å². The van der Waals surface area contributed by atoms with Crippen molar-refractivity contribution in [2.24, 2.45) is 4.99 Å². The molecule has 4 rings (SSSR count). The number of aryl methyl sites for hydroxylation is 1. The minimum atomic E-state index is -0.423. The first kappa shape index (κ1) is 23.5. The second-order valence-corrected chi connectivity index (χ2v) is 8.89. The number of amides is 2. The van der Waals surface area contributed by atoms with Gasteiger partial charge >= 0.3 is 0 Å². The Bertz CT molecular complexity index is 1340. The number of aliphatic hydroxyl groups excluding tert-OH is 1. The van der Waals surface area contributed by atoms with Crippen molar-refractivity contribution in [3.8, 4) is 6.07 Å². The van der Waals surface area contributed by atoms with Gasteiger partial charge in [-0.15, -0.1) is 0 Å². The molecule has 3 aromatic rings. The Morgan fingerprint density at radius 1 is 1.21 bits per heavy atom. The molecule has 0 unspecified atom stereocenters. The number of imidazole rings is 1. The Kier molecular flexibility index (Phi) is 6.94. The van der Waals surface area contributed by atoms with E-state index in [1.54, 1.807) is 18.2 Å². The largest absolute Gasteiger partial charge is 0.393 e. The second-order valence-electron chi connectivity index (χ2n) is 8.89. The fraction of sp³-hybridized carbons (Fsp3) is 0.385. The topological polar surface area (TPSA) is 123 Å². The average Bonchev–Trinajstić information content (AvgIpc) is 3.16. The Morgan fingerprint density at radius 2 is 1.97 bits per heavy atom. The highest BCUT2D eigenvalue weighted by atomic mass is 16.3. The van der Waals surface area contributed by atoms with Gasteiger partial charge in [0.1, 0.15) is 0 Å². The Balaban J connectivity index is 1.82. The van der Waals surface area contributed by atoms with Crippen molar-refractivity contribution in [2.45, 2.75) is 64.5 Å². The molecule has 1 aliphatic carbocycles. The van der Waals surface area contributed by atoms with Gasteiger partial charge in [0.15, 0.2) is 0 Å². The van der Waals surface area contributed by atoms with Gasteiger partial charge < -0.3 is 20.0 Å². The molecule has 1 heterocycles. The summed E-state index contributed by atoms with van der Waals surface area (Å²) in [6.45, 7) is 3.50. The zero-order valence-electron chi connectivity index (χ0n) is 19.5. The summed E-state index contributed by atoms with van der Waals surface area (Å²) >= 11 is 0. The molecular weight excluding hydrogens is 430 g/mol. The number of benzene rings is 2. The van der Waals surface area contributed by atoms with Crippen LogP contribution in [0.15, 0.2) is 41.4 Å². The van der Waals surface area contributed by atoms with Crippen LogP contribution in [0.1, 0.15) is 73.5 Å². The van der Waals surface area contributed by atoms with Crippen LogP contribution < -0.4 is 10.9 Å². The Hall–Kier alpha value is -3.70. The van der Waals surface area contributed by atoms with Crippen LogP contribution in [-0.4, -0.2) is 32.6 Å². The quantitative estimate of drug-likeness (QED) is 0.534. The number of carbonyl (C=O) groups is 2. The normalized spacial score (nSPS) is 18.6. The van der Waals surface area contributed by atoms with E-state index in [1.165, 1.54) is 6.92 Å². The molecule has 3 N–H and O–H groups in total. The standard InChI is InChI=1S/C26H29N5O3/c1-3-4-17-11-18(15-27)13-19(12-17)25(34)30-26-29-23-14-20(28-16(2)32)5-10-24(23)31(26)21-6-8-22(33)9-7-21/h5,10-14,21-22,33H,3-4,6-9H2,1-2H3,(H,28,32)(H,29,30,34)/t21-,22-. The number of hydrogen-bond donors (Lipinski definition) is 3.